The van der Waals surface area contributed by atoms with Crippen LogP contribution in [0.3, 0.4) is 0 Å². The molecule has 0 unspecified atom stereocenters. The molecule has 1 aromatic heterocycles. The molecule has 0 atom stereocenters. The van der Waals surface area contributed by atoms with Crippen molar-refractivity contribution in [3.05, 3.63) is 47.3 Å². The Bertz CT molecular complexity index is 679. The average molecular weight is 331 g/mol. The summed E-state index contributed by atoms with van der Waals surface area (Å²) in [6, 6.07) is 7.19. The van der Waals surface area contributed by atoms with E-state index in [1.165, 1.54) is 7.11 Å². The first-order valence-corrected chi connectivity index (χ1v) is 7.84. The van der Waals surface area contributed by atoms with Crippen molar-refractivity contribution in [2.75, 3.05) is 13.7 Å². The average Bonchev–Trinajstić information content (AvgIpc) is 3.02. The first-order chi connectivity index (χ1) is 11.6. The van der Waals surface area contributed by atoms with Crippen LogP contribution in [-0.2, 0) is 27.2 Å². The number of carbonyl (C=O) groups excluding carboxylic acids is 2. The maximum Gasteiger partial charge on any atom is 0.337 e. The van der Waals surface area contributed by atoms with Gasteiger partial charge < -0.3 is 9.47 Å². The van der Waals surface area contributed by atoms with Gasteiger partial charge in [0.2, 0.25) is 0 Å². The Morgan fingerprint density at radius 3 is 2.62 bits per heavy atom. The van der Waals surface area contributed by atoms with Gasteiger partial charge in [-0.05, 0) is 31.0 Å². The number of benzene rings is 1. The van der Waals surface area contributed by atoms with E-state index in [4.69, 9.17) is 4.74 Å². The predicted molar refractivity (Wildman–Crippen MR) is 86.5 cm³/mol. The number of carbonyl (C=O) groups is 2. The summed E-state index contributed by atoms with van der Waals surface area (Å²) in [5, 5.41) is 8.18. The van der Waals surface area contributed by atoms with Gasteiger partial charge in [0, 0.05) is 25.6 Å². The number of hydrogen-bond acceptors (Lipinski definition) is 6. The first kappa shape index (κ1) is 17.7. The van der Waals surface area contributed by atoms with Gasteiger partial charge in [0.05, 0.1) is 25.0 Å². The third kappa shape index (κ3) is 5.19. The predicted octanol–water partition coefficient (Wildman–Crippen LogP) is 2.00. The molecular weight excluding hydrogens is 310 g/mol. The summed E-state index contributed by atoms with van der Waals surface area (Å²) in [5.41, 5.74) is 2.38. The number of esters is 2. The van der Waals surface area contributed by atoms with Crippen molar-refractivity contribution in [3.63, 3.8) is 0 Å². The molecule has 0 amide bonds. The molecular formula is C17H21N3O4. The van der Waals surface area contributed by atoms with Gasteiger partial charge in [-0.25, -0.2) is 4.79 Å². The summed E-state index contributed by atoms with van der Waals surface area (Å²) in [6.45, 7) is 2.81. The van der Waals surface area contributed by atoms with Gasteiger partial charge in [-0.15, -0.1) is 5.10 Å². The number of ether oxygens (including phenoxy) is 2. The highest BCUT2D eigenvalue weighted by Gasteiger charge is 2.07. The summed E-state index contributed by atoms with van der Waals surface area (Å²) >= 11 is 0. The van der Waals surface area contributed by atoms with Crippen molar-refractivity contribution >= 4 is 11.9 Å². The van der Waals surface area contributed by atoms with Gasteiger partial charge in [0.1, 0.15) is 0 Å². The summed E-state index contributed by atoms with van der Waals surface area (Å²) < 4.78 is 11.3. The smallest absolute Gasteiger partial charge is 0.337 e. The Balaban J connectivity index is 1.85. The lowest BCUT2D eigenvalue weighted by molar-refractivity contribution is -0.143. The number of hydrogen-bond donors (Lipinski definition) is 0. The van der Waals surface area contributed by atoms with Crippen LogP contribution < -0.4 is 0 Å². The number of rotatable bonds is 8. The number of nitrogens with zero attached hydrogens (tertiary/aromatic N) is 3. The van der Waals surface area contributed by atoms with Crippen LogP contribution in [-0.4, -0.2) is 40.6 Å². The summed E-state index contributed by atoms with van der Waals surface area (Å²) in [5.74, 6) is -0.544. The van der Waals surface area contributed by atoms with E-state index in [0.717, 1.165) is 11.3 Å². The minimum absolute atomic E-state index is 0.191. The monoisotopic (exact) mass is 331 g/mol. The van der Waals surface area contributed by atoms with Crippen LogP contribution in [0, 0.1) is 0 Å². The minimum Gasteiger partial charge on any atom is -0.466 e. The lowest BCUT2D eigenvalue weighted by Crippen LogP contribution is -2.06. The first-order valence-electron chi connectivity index (χ1n) is 7.84. The van der Waals surface area contributed by atoms with Crippen molar-refractivity contribution in [2.45, 2.75) is 32.7 Å². The van der Waals surface area contributed by atoms with Crippen LogP contribution in [0.2, 0.25) is 0 Å². The van der Waals surface area contributed by atoms with Crippen molar-refractivity contribution in [3.8, 4) is 0 Å². The minimum atomic E-state index is -0.353. The van der Waals surface area contributed by atoms with E-state index in [0.29, 0.717) is 38.0 Å². The zero-order valence-corrected chi connectivity index (χ0v) is 13.9. The van der Waals surface area contributed by atoms with Crippen LogP contribution >= 0.6 is 0 Å². The lowest BCUT2D eigenvalue weighted by atomic mass is 10.1. The van der Waals surface area contributed by atoms with E-state index in [2.05, 4.69) is 15.0 Å². The Kier molecular flexibility index (Phi) is 6.48. The number of aromatic nitrogens is 3. The Hall–Kier alpha value is -2.70. The fourth-order valence-electron chi connectivity index (χ4n) is 2.23. The molecule has 0 bridgehead atoms. The molecule has 0 spiro atoms. The van der Waals surface area contributed by atoms with Gasteiger partial charge in [-0.3, -0.25) is 9.48 Å². The molecule has 128 valence electrons. The van der Waals surface area contributed by atoms with E-state index in [1.54, 1.807) is 23.7 Å². The Labute approximate surface area is 140 Å². The van der Waals surface area contributed by atoms with Gasteiger partial charge in [0.25, 0.3) is 0 Å². The van der Waals surface area contributed by atoms with Crippen LogP contribution in [0.5, 0.6) is 0 Å². The molecule has 1 heterocycles. The second-order valence-electron chi connectivity index (χ2n) is 5.25. The highest BCUT2D eigenvalue weighted by Crippen LogP contribution is 2.10. The topological polar surface area (TPSA) is 83.3 Å². The van der Waals surface area contributed by atoms with E-state index in [-0.39, 0.29) is 11.9 Å². The van der Waals surface area contributed by atoms with Gasteiger partial charge in [-0.2, -0.15) is 0 Å². The third-order valence-corrected chi connectivity index (χ3v) is 3.42. The summed E-state index contributed by atoms with van der Waals surface area (Å²) in [7, 11) is 1.36. The van der Waals surface area contributed by atoms with Gasteiger partial charge in [-0.1, -0.05) is 17.3 Å². The van der Waals surface area contributed by atoms with E-state index < -0.39 is 0 Å². The van der Waals surface area contributed by atoms with Crippen LogP contribution in [0.25, 0.3) is 0 Å². The van der Waals surface area contributed by atoms with Crippen LogP contribution in [0.15, 0.2) is 30.5 Å². The Morgan fingerprint density at radius 2 is 1.96 bits per heavy atom. The van der Waals surface area contributed by atoms with Crippen LogP contribution in [0.4, 0.5) is 0 Å². The quantitative estimate of drug-likeness (QED) is 0.688. The molecule has 0 radical (unpaired) electrons. The van der Waals surface area contributed by atoms with Crippen molar-refractivity contribution in [1.82, 2.24) is 15.0 Å². The van der Waals surface area contributed by atoms with Crippen molar-refractivity contribution in [1.29, 1.82) is 0 Å². The summed E-state index contributed by atoms with van der Waals surface area (Å²) in [4.78, 5) is 22.7. The molecule has 7 nitrogen and oxygen atoms in total. The third-order valence-electron chi connectivity index (χ3n) is 3.42. The van der Waals surface area contributed by atoms with E-state index in [9.17, 15) is 9.59 Å². The molecule has 0 saturated carbocycles. The molecule has 7 heteroatoms. The second kappa shape index (κ2) is 8.81. The molecule has 2 rings (SSSR count). The number of methoxy groups -OCH3 is 1. The van der Waals surface area contributed by atoms with Gasteiger partial charge >= 0.3 is 11.9 Å². The highest BCUT2D eigenvalue weighted by atomic mass is 16.5. The van der Waals surface area contributed by atoms with Gasteiger partial charge in [0.15, 0.2) is 0 Å². The normalized spacial score (nSPS) is 10.4. The maximum absolute atomic E-state index is 11.4. The molecule has 0 aliphatic heterocycles. The van der Waals surface area contributed by atoms with E-state index in [1.807, 2.05) is 18.3 Å². The molecule has 2 aromatic rings. The molecule has 0 aliphatic carbocycles. The van der Waals surface area contributed by atoms with Crippen molar-refractivity contribution in [2.24, 2.45) is 0 Å². The number of aryl methyl sites for hydroxylation is 1. The molecule has 0 N–H and O–H groups in total. The standard InChI is InChI=1S/C17H21N3O4/c1-3-24-16(21)5-4-10-20-12-15(18-19-20)11-13-6-8-14(9-7-13)17(22)23-2/h6-9,12H,3-5,10-11H2,1-2H3. The zero-order chi connectivity index (χ0) is 17.4. The fraction of sp³-hybridized carbons (Fsp3) is 0.412. The highest BCUT2D eigenvalue weighted by molar-refractivity contribution is 5.89. The van der Waals surface area contributed by atoms with E-state index >= 15 is 0 Å². The SMILES string of the molecule is CCOC(=O)CCCn1cc(Cc2ccc(C(=O)OC)cc2)nn1. The maximum atomic E-state index is 11.4. The van der Waals surface area contributed by atoms with Crippen LogP contribution in [0.1, 0.15) is 41.4 Å². The molecule has 24 heavy (non-hydrogen) atoms. The zero-order valence-electron chi connectivity index (χ0n) is 13.9. The fourth-order valence-corrected chi connectivity index (χ4v) is 2.23. The lowest BCUT2D eigenvalue weighted by Gasteiger charge is -2.02. The van der Waals surface area contributed by atoms with Crippen molar-refractivity contribution < 1.29 is 19.1 Å². The molecule has 1 aromatic carbocycles. The molecule has 0 fully saturated rings. The molecule has 0 saturated heterocycles. The summed E-state index contributed by atoms with van der Waals surface area (Å²) in [6.07, 6.45) is 3.52. The largest absolute Gasteiger partial charge is 0.466 e. The second-order valence-corrected chi connectivity index (χ2v) is 5.25. The molecule has 0 aliphatic rings. The Morgan fingerprint density at radius 1 is 1.21 bits per heavy atom.